The summed E-state index contributed by atoms with van der Waals surface area (Å²) >= 11 is 0. The molecule has 0 saturated carbocycles. The molecule has 2 aromatic rings. The molecule has 1 amide bonds. The molecule has 1 heterocycles. The Morgan fingerprint density at radius 3 is 3.00 bits per heavy atom. The molecule has 0 aliphatic carbocycles. The lowest BCUT2D eigenvalue weighted by Gasteiger charge is -2.06. The molecule has 1 N–H and O–H groups in total. The van der Waals surface area contributed by atoms with E-state index in [0.717, 1.165) is 10.9 Å². The van der Waals surface area contributed by atoms with E-state index in [1.807, 2.05) is 31.2 Å². The van der Waals surface area contributed by atoms with E-state index in [1.54, 1.807) is 12.3 Å². The second kappa shape index (κ2) is 4.72. The van der Waals surface area contributed by atoms with E-state index in [4.69, 9.17) is 4.84 Å². The number of amides is 1. The van der Waals surface area contributed by atoms with Crippen LogP contribution >= 0.6 is 0 Å². The molecule has 0 saturated heterocycles. The van der Waals surface area contributed by atoms with E-state index in [-0.39, 0.29) is 5.91 Å². The molecule has 0 aliphatic rings. The number of pyridine rings is 1. The van der Waals surface area contributed by atoms with Crippen molar-refractivity contribution in [2.75, 3.05) is 6.61 Å². The number of fused-ring (bicyclic) bond motifs is 1. The number of carbonyl (C=O) groups excluding carboxylic acids is 1. The zero-order valence-corrected chi connectivity index (χ0v) is 8.93. The monoisotopic (exact) mass is 216 g/mol. The van der Waals surface area contributed by atoms with E-state index >= 15 is 0 Å². The maximum atomic E-state index is 11.8. The van der Waals surface area contributed by atoms with E-state index in [0.29, 0.717) is 12.2 Å². The normalized spacial score (nSPS) is 10.3. The van der Waals surface area contributed by atoms with Gasteiger partial charge in [-0.15, -0.1) is 0 Å². The molecule has 1 aromatic heterocycles. The van der Waals surface area contributed by atoms with Crippen LogP contribution in [0.3, 0.4) is 0 Å². The maximum absolute atomic E-state index is 11.8. The van der Waals surface area contributed by atoms with Crippen LogP contribution in [0.25, 0.3) is 10.9 Å². The molecule has 0 bridgehead atoms. The predicted octanol–water partition coefficient (Wildman–Crippen LogP) is 1.92. The Morgan fingerprint density at radius 2 is 2.19 bits per heavy atom. The molecule has 0 unspecified atom stereocenters. The van der Waals surface area contributed by atoms with Gasteiger partial charge in [0.15, 0.2) is 0 Å². The summed E-state index contributed by atoms with van der Waals surface area (Å²) in [6.07, 6.45) is 1.61. The second-order valence-corrected chi connectivity index (χ2v) is 3.24. The quantitative estimate of drug-likeness (QED) is 0.797. The van der Waals surface area contributed by atoms with Crippen molar-refractivity contribution in [2.45, 2.75) is 6.92 Å². The van der Waals surface area contributed by atoms with Crippen molar-refractivity contribution in [3.63, 3.8) is 0 Å². The number of para-hydroxylation sites is 1. The lowest BCUT2D eigenvalue weighted by molar-refractivity contribution is 0.0366. The Bertz CT molecular complexity index is 506. The third kappa shape index (κ3) is 2.01. The Kier molecular flexibility index (Phi) is 3.12. The number of benzene rings is 1. The molecule has 0 aliphatic heterocycles. The number of carbonyl (C=O) groups is 1. The summed E-state index contributed by atoms with van der Waals surface area (Å²) < 4.78 is 0. The van der Waals surface area contributed by atoms with Gasteiger partial charge in [-0.3, -0.25) is 14.6 Å². The number of hydrogen-bond donors (Lipinski definition) is 1. The summed E-state index contributed by atoms with van der Waals surface area (Å²) in [5, 5.41) is 0.821. The van der Waals surface area contributed by atoms with Crippen LogP contribution < -0.4 is 5.48 Å². The molecule has 1 aromatic carbocycles. The van der Waals surface area contributed by atoms with Crippen LogP contribution in [0.5, 0.6) is 0 Å². The fraction of sp³-hybridized carbons (Fsp3) is 0.167. The number of hydrogen-bond acceptors (Lipinski definition) is 3. The van der Waals surface area contributed by atoms with Crippen molar-refractivity contribution in [2.24, 2.45) is 0 Å². The number of nitrogens with zero attached hydrogens (tertiary/aromatic N) is 1. The van der Waals surface area contributed by atoms with Gasteiger partial charge in [0.05, 0.1) is 17.7 Å². The van der Waals surface area contributed by atoms with E-state index in [9.17, 15) is 4.79 Å². The maximum Gasteiger partial charge on any atom is 0.275 e. The van der Waals surface area contributed by atoms with Gasteiger partial charge in [0.1, 0.15) is 0 Å². The van der Waals surface area contributed by atoms with Crippen molar-refractivity contribution >= 4 is 16.8 Å². The zero-order valence-electron chi connectivity index (χ0n) is 8.93. The highest BCUT2D eigenvalue weighted by molar-refractivity contribution is 6.05. The molecule has 82 valence electrons. The number of rotatable bonds is 3. The largest absolute Gasteiger partial charge is 0.275 e. The van der Waals surface area contributed by atoms with Crippen molar-refractivity contribution in [3.8, 4) is 0 Å². The number of nitrogens with one attached hydrogen (secondary N) is 1. The molecular formula is C12H12N2O2. The first-order chi connectivity index (χ1) is 7.83. The number of aromatic nitrogens is 1. The smallest absolute Gasteiger partial charge is 0.274 e. The molecule has 4 heteroatoms. The van der Waals surface area contributed by atoms with Crippen LogP contribution in [0.4, 0.5) is 0 Å². The van der Waals surface area contributed by atoms with Gasteiger partial charge in [-0.25, -0.2) is 5.48 Å². The van der Waals surface area contributed by atoms with E-state index in [1.165, 1.54) is 0 Å². The Morgan fingerprint density at radius 1 is 1.38 bits per heavy atom. The predicted molar refractivity (Wildman–Crippen MR) is 60.8 cm³/mol. The van der Waals surface area contributed by atoms with Crippen LogP contribution in [-0.4, -0.2) is 17.5 Å². The van der Waals surface area contributed by atoms with Crippen molar-refractivity contribution < 1.29 is 9.63 Å². The SMILES string of the molecule is CCONC(=O)c1ccnc2ccccc12. The Balaban J connectivity index is 2.40. The minimum absolute atomic E-state index is 0.250. The lowest BCUT2D eigenvalue weighted by atomic mass is 10.1. The van der Waals surface area contributed by atoms with Crippen molar-refractivity contribution in [3.05, 3.63) is 42.1 Å². The van der Waals surface area contributed by atoms with Gasteiger partial charge in [-0.05, 0) is 19.1 Å². The van der Waals surface area contributed by atoms with Crippen LogP contribution in [0.2, 0.25) is 0 Å². The summed E-state index contributed by atoms with van der Waals surface area (Å²) in [5.41, 5.74) is 3.74. The highest BCUT2D eigenvalue weighted by Crippen LogP contribution is 2.15. The fourth-order valence-corrected chi connectivity index (χ4v) is 1.49. The molecule has 0 fully saturated rings. The average molecular weight is 216 g/mol. The minimum Gasteiger partial charge on any atom is -0.274 e. The number of hydroxylamine groups is 1. The van der Waals surface area contributed by atoms with Gasteiger partial charge in [0.25, 0.3) is 5.91 Å². The van der Waals surface area contributed by atoms with Gasteiger partial charge < -0.3 is 0 Å². The van der Waals surface area contributed by atoms with Gasteiger partial charge in [-0.2, -0.15) is 0 Å². The molecule has 2 rings (SSSR count). The van der Waals surface area contributed by atoms with Gasteiger partial charge in [0.2, 0.25) is 0 Å². The fourth-order valence-electron chi connectivity index (χ4n) is 1.49. The summed E-state index contributed by atoms with van der Waals surface area (Å²) in [7, 11) is 0. The van der Waals surface area contributed by atoms with Gasteiger partial charge in [0, 0.05) is 11.6 Å². The van der Waals surface area contributed by atoms with Crippen LogP contribution in [0.15, 0.2) is 36.5 Å². The highest BCUT2D eigenvalue weighted by Gasteiger charge is 2.09. The zero-order chi connectivity index (χ0) is 11.4. The van der Waals surface area contributed by atoms with Crippen molar-refractivity contribution in [1.82, 2.24) is 10.5 Å². The molecular weight excluding hydrogens is 204 g/mol. The van der Waals surface area contributed by atoms with E-state index < -0.39 is 0 Å². The third-order valence-corrected chi connectivity index (χ3v) is 2.20. The summed E-state index contributed by atoms with van der Waals surface area (Å²) in [6, 6.07) is 9.17. The van der Waals surface area contributed by atoms with Crippen LogP contribution in [-0.2, 0) is 4.84 Å². The molecule has 0 atom stereocenters. The van der Waals surface area contributed by atoms with Crippen LogP contribution in [0, 0.1) is 0 Å². The summed E-state index contributed by atoms with van der Waals surface area (Å²) in [5.74, 6) is -0.250. The molecule has 4 nitrogen and oxygen atoms in total. The first-order valence-electron chi connectivity index (χ1n) is 5.09. The highest BCUT2D eigenvalue weighted by atomic mass is 16.6. The van der Waals surface area contributed by atoms with Crippen molar-refractivity contribution in [1.29, 1.82) is 0 Å². The standard InChI is InChI=1S/C12H12N2O2/c1-2-16-14-12(15)10-7-8-13-11-6-4-3-5-9(10)11/h3-8H,2H2,1H3,(H,14,15). The molecule has 0 radical (unpaired) electrons. The van der Waals surface area contributed by atoms with E-state index in [2.05, 4.69) is 10.5 Å². The summed E-state index contributed by atoms with van der Waals surface area (Å²) in [4.78, 5) is 20.8. The first kappa shape index (κ1) is 10.6. The Hall–Kier alpha value is -1.94. The van der Waals surface area contributed by atoms with Crippen LogP contribution in [0.1, 0.15) is 17.3 Å². The molecule has 0 spiro atoms. The average Bonchev–Trinajstić information content (AvgIpc) is 2.35. The molecule has 16 heavy (non-hydrogen) atoms. The second-order valence-electron chi connectivity index (χ2n) is 3.24. The first-order valence-corrected chi connectivity index (χ1v) is 5.09. The summed E-state index contributed by atoms with van der Waals surface area (Å²) in [6.45, 7) is 2.25. The van der Waals surface area contributed by atoms with Gasteiger partial charge >= 0.3 is 0 Å². The lowest BCUT2D eigenvalue weighted by Crippen LogP contribution is -2.23. The Labute approximate surface area is 93.2 Å². The van der Waals surface area contributed by atoms with Gasteiger partial charge in [-0.1, -0.05) is 18.2 Å². The minimum atomic E-state index is -0.250. The third-order valence-electron chi connectivity index (χ3n) is 2.20. The topological polar surface area (TPSA) is 51.2 Å².